The molecule has 0 bridgehead atoms. The summed E-state index contributed by atoms with van der Waals surface area (Å²) in [7, 11) is 3.12. The smallest absolute Gasteiger partial charge is 0.331 e. The Balaban J connectivity index is 1.52. The molecule has 5 rings (SSSR count). The van der Waals surface area contributed by atoms with Crippen LogP contribution in [-0.2, 0) is 6.54 Å². The van der Waals surface area contributed by atoms with Crippen LogP contribution >= 0.6 is 0 Å². The molecule has 0 amide bonds. The highest BCUT2D eigenvalue weighted by Crippen LogP contribution is 2.36. The number of ether oxygens (including phenoxy) is 2. The third-order valence-corrected chi connectivity index (χ3v) is 7.09. The summed E-state index contributed by atoms with van der Waals surface area (Å²) in [5, 5.41) is 12.3. The van der Waals surface area contributed by atoms with Crippen LogP contribution in [0, 0.1) is 10.1 Å². The average Bonchev–Trinajstić information content (AvgIpc) is 2.94. The number of nitrogens with two attached hydrogens (primary N) is 1. The van der Waals surface area contributed by atoms with E-state index in [0.717, 1.165) is 11.2 Å². The first-order valence-corrected chi connectivity index (χ1v) is 12.5. The SMILES string of the molecule is COc1cc2ncnc(N3CCC(n4c(=O)c5cc([N+](=O)[O-])ccc5n(CC(C)N)c4=O)CC3)c2cc1OC. The molecule has 3 heterocycles. The quantitative estimate of drug-likeness (QED) is 0.274. The maximum atomic E-state index is 13.6. The Morgan fingerprint density at radius 2 is 1.77 bits per heavy atom. The first-order chi connectivity index (χ1) is 18.7. The van der Waals surface area contributed by atoms with E-state index < -0.39 is 22.2 Å². The van der Waals surface area contributed by atoms with Gasteiger partial charge in [0.15, 0.2) is 11.5 Å². The molecule has 0 aliphatic carbocycles. The third-order valence-electron chi connectivity index (χ3n) is 7.09. The Bertz CT molecular complexity index is 1690. The standard InChI is InChI=1S/C26H29N7O6/c1-15(27)13-31-21-5-4-17(33(36)37)10-19(21)25(34)32(26(31)35)16-6-8-30(9-7-16)24-18-11-22(38-2)23(39-3)12-20(18)28-14-29-24/h4-5,10-12,14-16H,6-9,13,27H2,1-3H3. The first-order valence-electron chi connectivity index (χ1n) is 12.5. The van der Waals surface area contributed by atoms with Gasteiger partial charge in [-0.15, -0.1) is 0 Å². The molecule has 13 heteroatoms. The van der Waals surface area contributed by atoms with E-state index in [-0.39, 0.29) is 23.7 Å². The van der Waals surface area contributed by atoms with Crippen molar-refractivity contribution >= 4 is 33.3 Å². The molecule has 2 aromatic heterocycles. The number of nitro groups is 1. The summed E-state index contributed by atoms with van der Waals surface area (Å²) in [6.45, 7) is 2.98. The molecule has 1 fully saturated rings. The molecular formula is C26H29N7O6. The van der Waals surface area contributed by atoms with Crippen LogP contribution in [0.15, 0.2) is 46.2 Å². The van der Waals surface area contributed by atoms with E-state index in [1.165, 1.54) is 33.7 Å². The van der Waals surface area contributed by atoms with Gasteiger partial charge in [0.05, 0.1) is 35.6 Å². The maximum Gasteiger partial charge on any atom is 0.331 e. The number of nitro benzene ring substituents is 1. The molecule has 2 N–H and O–H groups in total. The largest absolute Gasteiger partial charge is 0.493 e. The molecular weight excluding hydrogens is 506 g/mol. The highest BCUT2D eigenvalue weighted by atomic mass is 16.6. The van der Waals surface area contributed by atoms with Crippen molar-refractivity contribution in [2.75, 3.05) is 32.2 Å². The highest BCUT2D eigenvalue weighted by molar-refractivity contribution is 5.92. The Morgan fingerprint density at radius 1 is 1.08 bits per heavy atom. The fourth-order valence-corrected chi connectivity index (χ4v) is 5.24. The second kappa shape index (κ2) is 10.3. The number of methoxy groups -OCH3 is 2. The minimum atomic E-state index is -0.556. The Kier molecular flexibility index (Phi) is 6.91. The van der Waals surface area contributed by atoms with Crippen molar-refractivity contribution in [1.29, 1.82) is 0 Å². The number of hydrogen-bond acceptors (Lipinski definition) is 10. The summed E-state index contributed by atoms with van der Waals surface area (Å²) in [4.78, 5) is 48.9. The van der Waals surface area contributed by atoms with Crippen LogP contribution in [0.5, 0.6) is 11.5 Å². The number of anilines is 1. The number of fused-ring (bicyclic) bond motifs is 2. The lowest BCUT2D eigenvalue weighted by atomic mass is 10.0. The number of aromatic nitrogens is 4. The molecule has 0 saturated carbocycles. The van der Waals surface area contributed by atoms with Crippen molar-refractivity contribution in [1.82, 2.24) is 19.1 Å². The van der Waals surface area contributed by atoms with E-state index in [1.54, 1.807) is 27.2 Å². The molecule has 204 valence electrons. The van der Waals surface area contributed by atoms with Gasteiger partial charge in [0.25, 0.3) is 11.2 Å². The molecule has 1 atom stereocenters. The molecule has 0 spiro atoms. The van der Waals surface area contributed by atoms with Gasteiger partial charge in [0.1, 0.15) is 12.1 Å². The molecule has 1 aliphatic rings. The molecule has 1 unspecified atom stereocenters. The number of piperidine rings is 1. The monoisotopic (exact) mass is 535 g/mol. The van der Waals surface area contributed by atoms with Crippen LogP contribution in [0.4, 0.5) is 11.5 Å². The highest BCUT2D eigenvalue weighted by Gasteiger charge is 2.28. The van der Waals surface area contributed by atoms with Crippen LogP contribution in [0.1, 0.15) is 25.8 Å². The van der Waals surface area contributed by atoms with Crippen LogP contribution in [0.2, 0.25) is 0 Å². The van der Waals surface area contributed by atoms with Gasteiger partial charge in [0, 0.05) is 55.3 Å². The van der Waals surface area contributed by atoms with E-state index in [4.69, 9.17) is 15.2 Å². The van der Waals surface area contributed by atoms with Gasteiger partial charge in [-0.2, -0.15) is 0 Å². The summed E-state index contributed by atoms with van der Waals surface area (Å²) in [5.74, 6) is 1.84. The van der Waals surface area contributed by atoms with Crippen molar-refractivity contribution in [3.05, 3.63) is 67.6 Å². The summed E-state index contributed by atoms with van der Waals surface area (Å²) in [6, 6.07) is 6.83. The fourth-order valence-electron chi connectivity index (χ4n) is 5.24. The van der Waals surface area contributed by atoms with Gasteiger partial charge in [-0.05, 0) is 31.9 Å². The summed E-state index contributed by atoms with van der Waals surface area (Å²) in [5.41, 5.74) is 5.81. The van der Waals surface area contributed by atoms with Gasteiger partial charge >= 0.3 is 5.69 Å². The number of benzene rings is 2. The van der Waals surface area contributed by atoms with Crippen molar-refractivity contribution in [2.45, 2.75) is 38.4 Å². The molecule has 2 aromatic carbocycles. The maximum absolute atomic E-state index is 13.6. The van der Waals surface area contributed by atoms with Gasteiger partial charge < -0.3 is 20.1 Å². The first kappa shape index (κ1) is 26.1. The Morgan fingerprint density at radius 3 is 2.41 bits per heavy atom. The molecule has 39 heavy (non-hydrogen) atoms. The number of non-ortho nitro benzene ring substituents is 1. The number of hydrogen-bond donors (Lipinski definition) is 1. The normalized spacial score (nSPS) is 15.0. The minimum Gasteiger partial charge on any atom is -0.493 e. The lowest BCUT2D eigenvalue weighted by Gasteiger charge is -2.34. The Labute approximate surface area is 222 Å². The second-order valence-corrected chi connectivity index (χ2v) is 9.64. The molecule has 1 aliphatic heterocycles. The number of rotatable bonds is 7. The van der Waals surface area contributed by atoms with E-state index in [2.05, 4.69) is 14.9 Å². The minimum absolute atomic E-state index is 0.120. The van der Waals surface area contributed by atoms with Crippen LogP contribution in [-0.4, -0.2) is 57.4 Å². The zero-order chi connectivity index (χ0) is 27.8. The lowest BCUT2D eigenvalue weighted by molar-refractivity contribution is -0.384. The molecule has 13 nitrogen and oxygen atoms in total. The zero-order valence-electron chi connectivity index (χ0n) is 21.9. The Hall–Kier alpha value is -4.52. The molecule has 1 saturated heterocycles. The van der Waals surface area contributed by atoms with Crippen LogP contribution in [0.25, 0.3) is 21.8 Å². The van der Waals surface area contributed by atoms with Crippen molar-refractivity contribution in [2.24, 2.45) is 5.73 Å². The predicted molar refractivity (Wildman–Crippen MR) is 146 cm³/mol. The van der Waals surface area contributed by atoms with Crippen molar-refractivity contribution in [3.8, 4) is 11.5 Å². The fraction of sp³-hybridized carbons (Fsp3) is 0.385. The van der Waals surface area contributed by atoms with Gasteiger partial charge in [-0.3, -0.25) is 24.0 Å². The summed E-state index contributed by atoms with van der Waals surface area (Å²) >= 11 is 0. The van der Waals surface area contributed by atoms with Crippen LogP contribution in [0.3, 0.4) is 0 Å². The van der Waals surface area contributed by atoms with Gasteiger partial charge in [-0.1, -0.05) is 0 Å². The molecule has 0 radical (unpaired) electrons. The van der Waals surface area contributed by atoms with E-state index >= 15 is 0 Å². The van der Waals surface area contributed by atoms with Crippen LogP contribution < -0.4 is 31.4 Å². The second-order valence-electron chi connectivity index (χ2n) is 9.64. The van der Waals surface area contributed by atoms with E-state index in [1.807, 2.05) is 6.07 Å². The molecule has 4 aromatic rings. The van der Waals surface area contributed by atoms with Crippen molar-refractivity contribution in [3.63, 3.8) is 0 Å². The third kappa shape index (κ3) is 4.65. The van der Waals surface area contributed by atoms with Crippen molar-refractivity contribution < 1.29 is 14.4 Å². The predicted octanol–water partition coefficient (Wildman–Crippen LogP) is 2.22. The summed E-state index contributed by atoms with van der Waals surface area (Å²) in [6.07, 6.45) is 2.47. The van der Waals surface area contributed by atoms with Gasteiger partial charge in [0.2, 0.25) is 0 Å². The number of nitrogens with zero attached hydrogens (tertiary/aromatic N) is 6. The zero-order valence-corrected chi connectivity index (χ0v) is 21.9. The summed E-state index contributed by atoms with van der Waals surface area (Å²) < 4.78 is 13.5. The van der Waals surface area contributed by atoms with E-state index in [9.17, 15) is 19.7 Å². The topological polar surface area (TPSA) is 161 Å². The lowest BCUT2D eigenvalue weighted by Crippen LogP contribution is -2.47. The average molecular weight is 536 g/mol. The van der Waals surface area contributed by atoms with E-state index in [0.29, 0.717) is 48.5 Å². The van der Waals surface area contributed by atoms with Gasteiger partial charge in [-0.25, -0.2) is 14.8 Å².